The van der Waals surface area contributed by atoms with Crippen LogP contribution in [0.2, 0.25) is 0 Å². The first-order valence-corrected chi connectivity index (χ1v) is 3.85. The molecule has 0 spiro atoms. The molecule has 0 bridgehead atoms. The zero-order valence-electron chi connectivity index (χ0n) is 6.93. The fourth-order valence-corrected chi connectivity index (χ4v) is 0.626. The highest BCUT2D eigenvalue weighted by atomic mass is 16.5. The fraction of sp³-hybridized carbons (Fsp3) is 0.857. The van der Waals surface area contributed by atoms with E-state index in [1.807, 2.05) is 6.92 Å². The minimum absolute atomic E-state index is 0.00722. The molecule has 66 valence electrons. The van der Waals surface area contributed by atoms with E-state index < -0.39 is 0 Å². The van der Waals surface area contributed by atoms with Crippen molar-refractivity contribution in [2.75, 3.05) is 26.3 Å². The standard InChI is InChI=1S/C7H16N2O2/c1-2-11-6-5-9-7(10)3-4-8/h2-6,8H2,1H3,(H,9,10). The van der Waals surface area contributed by atoms with Gasteiger partial charge in [0.05, 0.1) is 6.61 Å². The lowest BCUT2D eigenvalue weighted by Gasteiger charge is -2.03. The summed E-state index contributed by atoms with van der Waals surface area (Å²) in [5, 5.41) is 2.67. The van der Waals surface area contributed by atoms with Gasteiger partial charge in [0.15, 0.2) is 0 Å². The minimum Gasteiger partial charge on any atom is -0.380 e. The third kappa shape index (κ3) is 7.29. The van der Waals surface area contributed by atoms with E-state index in [0.29, 0.717) is 32.7 Å². The molecule has 0 aromatic carbocycles. The zero-order chi connectivity index (χ0) is 8.53. The molecule has 4 heteroatoms. The number of carbonyl (C=O) groups excluding carboxylic acids is 1. The molecule has 0 heterocycles. The molecule has 0 aliphatic rings. The van der Waals surface area contributed by atoms with Crippen LogP contribution in [-0.4, -0.2) is 32.2 Å². The number of nitrogens with one attached hydrogen (secondary N) is 1. The first-order chi connectivity index (χ1) is 5.31. The second-order valence-corrected chi connectivity index (χ2v) is 2.09. The van der Waals surface area contributed by atoms with Gasteiger partial charge in [0, 0.05) is 26.1 Å². The Kier molecular flexibility index (Phi) is 7.08. The molecule has 4 nitrogen and oxygen atoms in total. The maximum absolute atomic E-state index is 10.8. The SMILES string of the molecule is CCOCCNC(=O)CCN. The van der Waals surface area contributed by atoms with Gasteiger partial charge in [-0.15, -0.1) is 0 Å². The van der Waals surface area contributed by atoms with Gasteiger partial charge in [-0.3, -0.25) is 4.79 Å². The Balaban J connectivity index is 3.04. The molecule has 0 radical (unpaired) electrons. The molecule has 0 atom stereocenters. The van der Waals surface area contributed by atoms with Crippen LogP contribution in [0, 0.1) is 0 Å². The lowest BCUT2D eigenvalue weighted by Crippen LogP contribution is -2.28. The Morgan fingerprint density at radius 1 is 1.64 bits per heavy atom. The van der Waals surface area contributed by atoms with E-state index in [4.69, 9.17) is 10.5 Å². The van der Waals surface area contributed by atoms with Gasteiger partial charge < -0.3 is 15.8 Å². The van der Waals surface area contributed by atoms with Gasteiger partial charge in [-0.2, -0.15) is 0 Å². The summed E-state index contributed by atoms with van der Waals surface area (Å²) in [6, 6.07) is 0. The summed E-state index contributed by atoms with van der Waals surface area (Å²) in [4.78, 5) is 10.8. The van der Waals surface area contributed by atoms with E-state index >= 15 is 0 Å². The van der Waals surface area contributed by atoms with Gasteiger partial charge in [0.1, 0.15) is 0 Å². The molecule has 0 saturated carbocycles. The van der Waals surface area contributed by atoms with Crippen molar-refractivity contribution < 1.29 is 9.53 Å². The number of ether oxygens (including phenoxy) is 1. The second-order valence-electron chi connectivity index (χ2n) is 2.09. The summed E-state index contributed by atoms with van der Waals surface area (Å²) >= 11 is 0. The molecule has 0 unspecified atom stereocenters. The molecule has 0 aromatic rings. The first-order valence-electron chi connectivity index (χ1n) is 3.85. The normalized spacial score (nSPS) is 9.64. The number of nitrogens with two attached hydrogens (primary N) is 1. The summed E-state index contributed by atoms with van der Waals surface area (Å²) in [5.41, 5.74) is 5.17. The average molecular weight is 160 g/mol. The monoisotopic (exact) mass is 160 g/mol. The van der Waals surface area contributed by atoms with Crippen molar-refractivity contribution in [1.82, 2.24) is 5.32 Å². The Morgan fingerprint density at radius 2 is 2.36 bits per heavy atom. The van der Waals surface area contributed by atoms with Gasteiger partial charge >= 0.3 is 0 Å². The molecule has 0 aliphatic carbocycles. The van der Waals surface area contributed by atoms with Crippen LogP contribution in [0.5, 0.6) is 0 Å². The molecular weight excluding hydrogens is 144 g/mol. The van der Waals surface area contributed by atoms with Crippen molar-refractivity contribution in [1.29, 1.82) is 0 Å². The third-order valence-corrected chi connectivity index (χ3v) is 1.14. The first kappa shape index (κ1) is 10.4. The van der Waals surface area contributed by atoms with Gasteiger partial charge in [0.25, 0.3) is 0 Å². The van der Waals surface area contributed by atoms with Crippen molar-refractivity contribution in [3.05, 3.63) is 0 Å². The van der Waals surface area contributed by atoms with Crippen LogP contribution in [0.3, 0.4) is 0 Å². The molecule has 0 aromatic heterocycles. The highest BCUT2D eigenvalue weighted by Gasteiger charge is 1.96. The van der Waals surface area contributed by atoms with Crippen LogP contribution in [0.15, 0.2) is 0 Å². The quantitative estimate of drug-likeness (QED) is 0.514. The van der Waals surface area contributed by atoms with Crippen LogP contribution in [0.1, 0.15) is 13.3 Å². The van der Waals surface area contributed by atoms with Crippen LogP contribution in [0.4, 0.5) is 0 Å². The number of carbonyl (C=O) groups is 1. The Labute approximate surface area is 67.1 Å². The van der Waals surface area contributed by atoms with E-state index in [1.165, 1.54) is 0 Å². The van der Waals surface area contributed by atoms with Gasteiger partial charge in [0.2, 0.25) is 5.91 Å². The van der Waals surface area contributed by atoms with Gasteiger partial charge in [-0.1, -0.05) is 0 Å². The van der Waals surface area contributed by atoms with E-state index in [0.717, 1.165) is 0 Å². The maximum Gasteiger partial charge on any atom is 0.221 e. The van der Waals surface area contributed by atoms with Crippen molar-refractivity contribution in [3.63, 3.8) is 0 Å². The lowest BCUT2D eigenvalue weighted by atomic mass is 10.4. The van der Waals surface area contributed by atoms with Crippen molar-refractivity contribution in [2.45, 2.75) is 13.3 Å². The zero-order valence-corrected chi connectivity index (χ0v) is 6.93. The van der Waals surface area contributed by atoms with E-state index in [1.54, 1.807) is 0 Å². The summed E-state index contributed by atoms with van der Waals surface area (Å²) in [6.07, 6.45) is 0.395. The van der Waals surface area contributed by atoms with Crippen LogP contribution >= 0.6 is 0 Å². The van der Waals surface area contributed by atoms with E-state index in [9.17, 15) is 4.79 Å². The van der Waals surface area contributed by atoms with E-state index in [-0.39, 0.29) is 5.91 Å². The Hall–Kier alpha value is -0.610. The van der Waals surface area contributed by atoms with Gasteiger partial charge in [-0.25, -0.2) is 0 Å². The van der Waals surface area contributed by atoms with E-state index in [2.05, 4.69) is 5.32 Å². The summed E-state index contributed by atoms with van der Waals surface area (Å²) in [7, 11) is 0. The maximum atomic E-state index is 10.8. The minimum atomic E-state index is -0.00722. The molecule has 1 amide bonds. The van der Waals surface area contributed by atoms with Crippen molar-refractivity contribution in [3.8, 4) is 0 Å². The van der Waals surface area contributed by atoms with Gasteiger partial charge in [-0.05, 0) is 6.92 Å². The molecule has 3 N–H and O–H groups in total. The molecule has 0 rings (SSSR count). The topological polar surface area (TPSA) is 64.3 Å². The molecule has 0 aliphatic heterocycles. The molecule has 11 heavy (non-hydrogen) atoms. The fourth-order valence-electron chi connectivity index (χ4n) is 0.626. The highest BCUT2D eigenvalue weighted by Crippen LogP contribution is 1.75. The number of amides is 1. The van der Waals surface area contributed by atoms with Crippen LogP contribution in [0.25, 0.3) is 0 Å². The van der Waals surface area contributed by atoms with Crippen molar-refractivity contribution >= 4 is 5.91 Å². The number of hydrogen-bond acceptors (Lipinski definition) is 3. The molecule has 0 fully saturated rings. The Morgan fingerprint density at radius 3 is 2.91 bits per heavy atom. The highest BCUT2D eigenvalue weighted by molar-refractivity contribution is 5.75. The van der Waals surface area contributed by atoms with Crippen molar-refractivity contribution in [2.24, 2.45) is 5.73 Å². The summed E-state index contributed by atoms with van der Waals surface area (Å²) < 4.78 is 5.02. The summed E-state index contributed by atoms with van der Waals surface area (Å²) in [6.45, 7) is 4.16. The predicted octanol–water partition coefficient (Wildman–Crippen LogP) is -0.512. The Bertz CT molecular complexity index is 107. The molecule has 0 saturated heterocycles. The second kappa shape index (κ2) is 7.50. The smallest absolute Gasteiger partial charge is 0.221 e. The van der Waals surface area contributed by atoms with Crippen LogP contribution in [-0.2, 0) is 9.53 Å². The number of hydrogen-bond donors (Lipinski definition) is 2. The average Bonchev–Trinajstić information content (AvgIpc) is 1.99. The summed E-state index contributed by atoms with van der Waals surface area (Å²) in [5.74, 6) is -0.00722. The number of rotatable bonds is 6. The molecular formula is C7H16N2O2. The third-order valence-electron chi connectivity index (χ3n) is 1.14. The largest absolute Gasteiger partial charge is 0.380 e. The predicted molar refractivity (Wildman–Crippen MR) is 43.2 cm³/mol. The lowest BCUT2D eigenvalue weighted by molar-refractivity contribution is -0.121. The van der Waals surface area contributed by atoms with Crippen LogP contribution < -0.4 is 11.1 Å².